The maximum absolute atomic E-state index is 12.1. The Hall–Kier alpha value is -2.80. The molecule has 1 aliphatic heterocycles. The summed E-state index contributed by atoms with van der Waals surface area (Å²) in [5.74, 6) is 1.69. The minimum Gasteiger partial charge on any atom is -0.457 e. The number of nitrogens with two attached hydrogens (primary N) is 1. The van der Waals surface area contributed by atoms with Gasteiger partial charge in [-0.2, -0.15) is 0 Å². The summed E-state index contributed by atoms with van der Waals surface area (Å²) in [5.41, 5.74) is 6.32. The van der Waals surface area contributed by atoms with E-state index in [1.807, 2.05) is 0 Å². The van der Waals surface area contributed by atoms with Gasteiger partial charge < -0.3 is 20.1 Å². The van der Waals surface area contributed by atoms with Gasteiger partial charge in [-0.05, 0) is 30.3 Å². The monoisotopic (exact) mass is 314 g/mol. The van der Waals surface area contributed by atoms with Crippen molar-refractivity contribution in [2.75, 3.05) is 37.4 Å². The number of pyridine rings is 1. The van der Waals surface area contributed by atoms with E-state index in [0.717, 1.165) is 0 Å². The number of aromatic nitrogens is 1. The third kappa shape index (κ3) is 4.10. The number of nitrogen functional groups attached to an aromatic ring is 1. The number of hydrogen-bond donors (Lipinski definition) is 2. The lowest BCUT2D eigenvalue weighted by molar-refractivity contribution is 0.0564. The molecule has 1 aromatic heterocycles. The number of rotatable bonds is 3. The Labute approximate surface area is 134 Å². The number of carbonyl (C=O) groups is 1. The highest BCUT2D eigenvalue weighted by Gasteiger charge is 2.17. The fourth-order valence-electron chi connectivity index (χ4n) is 2.17. The van der Waals surface area contributed by atoms with Crippen LogP contribution in [-0.2, 0) is 4.74 Å². The van der Waals surface area contributed by atoms with E-state index in [4.69, 9.17) is 15.2 Å². The number of benzene rings is 1. The van der Waals surface area contributed by atoms with Crippen LogP contribution in [0, 0.1) is 0 Å². The first-order valence-electron chi connectivity index (χ1n) is 7.34. The Bertz CT molecular complexity index is 669. The average molecular weight is 314 g/mol. The number of ether oxygens (including phenoxy) is 2. The number of amides is 2. The van der Waals surface area contributed by atoms with Crippen molar-refractivity contribution < 1.29 is 14.3 Å². The van der Waals surface area contributed by atoms with E-state index < -0.39 is 0 Å². The fourth-order valence-corrected chi connectivity index (χ4v) is 2.17. The minimum atomic E-state index is -0.189. The van der Waals surface area contributed by atoms with Crippen molar-refractivity contribution in [1.29, 1.82) is 0 Å². The zero-order valence-corrected chi connectivity index (χ0v) is 12.6. The summed E-state index contributed by atoms with van der Waals surface area (Å²) in [4.78, 5) is 18.0. The summed E-state index contributed by atoms with van der Waals surface area (Å²) >= 11 is 0. The van der Waals surface area contributed by atoms with E-state index in [9.17, 15) is 4.79 Å². The van der Waals surface area contributed by atoms with Gasteiger partial charge in [-0.25, -0.2) is 9.78 Å². The van der Waals surface area contributed by atoms with Crippen molar-refractivity contribution in [3.63, 3.8) is 0 Å². The molecule has 0 bridgehead atoms. The number of morpholine rings is 1. The van der Waals surface area contributed by atoms with Crippen LogP contribution in [0.2, 0.25) is 0 Å². The molecule has 1 aliphatic rings. The second kappa shape index (κ2) is 6.97. The molecule has 1 fully saturated rings. The van der Waals surface area contributed by atoms with Gasteiger partial charge in [0.1, 0.15) is 17.3 Å². The smallest absolute Gasteiger partial charge is 0.323 e. The number of hydrogen-bond acceptors (Lipinski definition) is 5. The van der Waals surface area contributed by atoms with E-state index >= 15 is 0 Å². The molecule has 0 saturated carbocycles. The van der Waals surface area contributed by atoms with Gasteiger partial charge in [0.15, 0.2) is 0 Å². The highest BCUT2D eigenvalue weighted by atomic mass is 16.5. The first kappa shape index (κ1) is 15.1. The predicted molar refractivity (Wildman–Crippen MR) is 86.6 cm³/mol. The van der Waals surface area contributed by atoms with Crippen molar-refractivity contribution in [3.8, 4) is 11.5 Å². The third-order valence-corrected chi connectivity index (χ3v) is 3.38. The van der Waals surface area contributed by atoms with Gasteiger partial charge in [0.25, 0.3) is 0 Å². The van der Waals surface area contributed by atoms with Crippen LogP contribution in [0.1, 0.15) is 0 Å². The summed E-state index contributed by atoms with van der Waals surface area (Å²) in [6.07, 6.45) is 1.58. The third-order valence-electron chi connectivity index (χ3n) is 3.38. The first-order chi connectivity index (χ1) is 11.2. The van der Waals surface area contributed by atoms with Gasteiger partial charge in [0.2, 0.25) is 0 Å². The number of urea groups is 1. The first-order valence-corrected chi connectivity index (χ1v) is 7.34. The van der Waals surface area contributed by atoms with Crippen molar-refractivity contribution in [2.24, 2.45) is 0 Å². The molecule has 2 amide bonds. The molecule has 0 spiro atoms. The molecule has 23 heavy (non-hydrogen) atoms. The van der Waals surface area contributed by atoms with Crippen molar-refractivity contribution in [2.45, 2.75) is 0 Å². The van der Waals surface area contributed by atoms with Crippen molar-refractivity contribution in [1.82, 2.24) is 9.88 Å². The molecule has 0 aliphatic carbocycles. The molecule has 1 aromatic carbocycles. The molecule has 3 rings (SSSR count). The molecule has 2 aromatic rings. The Morgan fingerprint density at radius 2 is 1.91 bits per heavy atom. The number of anilines is 2. The molecule has 0 atom stereocenters. The van der Waals surface area contributed by atoms with Crippen LogP contribution in [0.25, 0.3) is 0 Å². The molecule has 7 nitrogen and oxygen atoms in total. The van der Waals surface area contributed by atoms with E-state index in [1.54, 1.807) is 47.5 Å². The van der Waals surface area contributed by atoms with Crippen LogP contribution in [0.5, 0.6) is 11.5 Å². The van der Waals surface area contributed by atoms with Crippen LogP contribution in [-0.4, -0.2) is 42.2 Å². The summed E-state index contributed by atoms with van der Waals surface area (Å²) < 4.78 is 10.9. The molecule has 3 N–H and O–H groups in total. The summed E-state index contributed by atoms with van der Waals surface area (Å²) in [5, 5.41) is 2.77. The lowest BCUT2D eigenvalue weighted by Crippen LogP contribution is -2.43. The van der Waals surface area contributed by atoms with E-state index in [1.165, 1.54) is 0 Å². The van der Waals surface area contributed by atoms with Gasteiger partial charge in [-0.15, -0.1) is 0 Å². The molecule has 0 unspecified atom stereocenters. The molecular weight excluding hydrogens is 296 g/mol. The average Bonchev–Trinajstić information content (AvgIpc) is 2.58. The van der Waals surface area contributed by atoms with E-state index in [-0.39, 0.29) is 6.03 Å². The second-order valence-corrected chi connectivity index (χ2v) is 5.08. The molecule has 0 radical (unpaired) electrons. The number of nitrogens with one attached hydrogen (secondary N) is 1. The number of carbonyl (C=O) groups excluding carboxylic acids is 1. The van der Waals surface area contributed by atoms with Crippen molar-refractivity contribution in [3.05, 3.63) is 42.6 Å². The van der Waals surface area contributed by atoms with Crippen LogP contribution in [0.3, 0.4) is 0 Å². The zero-order valence-electron chi connectivity index (χ0n) is 12.6. The largest absolute Gasteiger partial charge is 0.457 e. The molecule has 1 saturated heterocycles. The Balaban J connectivity index is 1.64. The standard InChI is InChI=1S/C16H18N4O3/c17-12-1-3-13(4-2-12)23-14-5-6-18-15(11-14)19-16(21)20-7-9-22-10-8-20/h1-6,11H,7-10,17H2,(H,18,19,21). The Kier molecular flexibility index (Phi) is 4.58. The molecule has 2 heterocycles. The van der Waals surface area contributed by atoms with Gasteiger partial charge in [-0.3, -0.25) is 5.32 Å². The maximum Gasteiger partial charge on any atom is 0.323 e. The quantitative estimate of drug-likeness (QED) is 0.849. The normalized spacial score (nSPS) is 14.3. The second-order valence-electron chi connectivity index (χ2n) is 5.08. The van der Waals surface area contributed by atoms with Crippen molar-refractivity contribution >= 4 is 17.5 Å². The van der Waals surface area contributed by atoms with Gasteiger partial charge in [-0.1, -0.05) is 0 Å². The topological polar surface area (TPSA) is 89.7 Å². The van der Waals surface area contributed by atoms with Crippen LogP contribution in [0.15, 0.2) is 42.6 Å². The Morgan fingerprint density at radius 1 is 1.17 bits per heavy atom. The van der Waals surface area contributed by atoms with Crippen LogP contribution < -0.4 is 15.8 Å². The summed E-state index contributed by atoms with van der Waals surface area (Å²) in [6, 6.07) is 10.3. The van der Waals surface area contributed by atoms with Gasteiger partial charge in [0.05, 0.1) is 13.2 Å². The molecular formula is C16H18N4O3. The summed E-state index contributed by atoms with van der Waals surface area (Å²) in [7, 11) is 0. The molecule has 7 heteroatoms. The van der Waals surface area contributed by atoms with Crippen LogP contribution in [0.4, 0.5) is 16.3 Å². The zero-order chi connectivity index (χ0) is 16.1. The highest BCUT2D eigenvalue weighted by Crippen LogP contribution is 2.23. The Morgan fingerprint density at radius 3 is 2.65 bits per heavy atom. The fraction of sp³-hybridized carbons (Fsp3) is 0.250. The minimum absolute atomic E-state index is 0.189. The summed E-state index contributed by atoms with van der Waals surface area (Å²) in [6.45, 7) is 2.27. The SMILES string of the molecule is Nc1ccc(Oc2ccnc(NC(=O)N3CCOCC3)c2)cc1. The lowest BCUT2D eigenvalue weighted by Gasteiger charge is -2.26. The van der Waals surface area contributed by atoms with Crippen LogP contribution >= 0.6 is 0 Å². The van der Waals surface area contributed by atoms with Gasteiger partial charge >= 0.3 is 6.03 Å². The van der Waals surface area contributed by atoms with E-state index in [2.05, 4.69) is 10.3 Å². The van der Waals surface area contributed by atoms with E-state index in [0.29, 0.717) is 49.3 Å². The maximum atomic E-state index is 12.1. The highest BCUT2D eigenvalue weighted by molar-refractivity contribution is 5.88. The van der Waals surface area contributed by atoms with Gasteiger partial charge in [0, 0.05) is 31.0 Å². The lowest BCUT2D eigenvalue weighted by atomic mass is 10.3. The predicted octanol–water partition coefficient (Wildman–Crippen LogP) is 2.32. The molecule has 120 valence electrons. The number of nitrogens with zero attached hydrogens (tertiary/aromatic N) is 2.